The van der Waals surface area contributed by atoms with Crippen molar-refractivity contribution in [2.75, 3.05) is 5.32 Å². The fourth-order valence-corrected chi connectivity index (χ4v) is 2.04. The fraction of sp³-hybridized carbons (Fsp3) is 0.333. The molecule has 0 saturated carbocycles. The van der Waals surface area contributed by atoms with Gasteiger partial charge >= 0.3 is 0 Å². The lowest BCUT2D eigenvalue weighted by molar-refractivity contribution is 0.866. The lowest BCUT2D eigenvalue weighted by atomic mass is 10.0. The molecule has 1 heterocycles. The van der Waals surface area contributed by atoms with Crippen molar-refractivity contribution in [2.24, 2.45) is 0 Å². The molecule has 0 radical (unpaired) electrons. The van der Waals surface area contributed by atoms with Crippen LogP contribution in [0, 0.1) is 6.92 Å². The molecule has 2 rings (SSSR count). The van der Waals surface area contributed by atoms with Gasteiger partial charge in [0.05, 0.1) is 0 Å². The molecule has 0 aliphatic heterocycles. The minimum Gasteiger partial charge on any atom is -0.363 e. The maximum atomic E-state index is 5.99. The molecule has 1 N–H and O–H groups in total. The molecule has 19 heavy (non-hydrogen) atoms. The monoisotopic (exact) mass is 275 g/mol. The Balaban J connectivity index is 2.15. The zero-order valence-electron chi connectivity index (χ0n) is 11.4. The van der Waals surface area contributed by atoms with Crippen molar-refractivity contribution in [3.8, 4) is 0 Å². The summed E-state index contributed by atoms with van der Waals surface area (Å²) < 4.78 is 0. The zero-order chi connectivity index (χ0) is 13.8. The van der Waals surface area contributed by atoms with Gasteiger partial charge in [0.25, 0.3) is 0 Å². The van der Waals surface area contributed by atoms with Crippen LogP contribution in [0.25, 0.3) is 0 Å². The van der Waals surface area contributed by atoms with Crippen LogP contribution in [0.3, 0.4) is 0 Å². The normalized spacial score (nSPS) is 12.2. The largest absolute Gasteiger partial charge is 0.363 e. The molecule has 3 nitrogen and oxygen atoms in total. The second-order valence-electron chi connectivity index (χ2n) is 4.60. The molecular weight excluding hydrogens is 258 g/mol. The summed E-state index contributed by atoms with van der Waals surface area (Å²) in [6.45, 7) is 6.18. The summed E-state index contributed by atoms with van der Waals surface area (Å²) in [4.78, 5) is 8.19. The van der Waals surface area contributed by atoms with Gasteiger partial charge in [0, 0.05) is 11.6 Å². The van der Waals surface area contributed by atoms with E-state index in [0.717, 1.165) is 17.8 Å². The molecule has 0 aliphatic carbocycles. The van der Waals surface area contributed by atoms with Gasteiger partial charge in [0.1, 0.15) is 17.3 Å². The summed E-state index contributed by atoms with van der Waals surface area (Å²) in [6.07, 6.45) is 2.54. The Labute approximate surface area is 119 Å². The molecule has 0 bridgehead atoms. The lowest BCUT2D eigenvalue weighted by Gasteiger charge is -2.17. The summed E-state index contributed by atoms with van der Waals surface area (Å²) in [7, 11) is 0. The third-order valence-corrected chi connectivity index (χ3v) is 3.64. The topological polar surface area (TPSA) is 37.8 Å². The molecule has 2 aromatic rings. The van der Waals surface area contributed by atoms with Gasteiger partial charge < -0.3 is 5.32 Å². The molecule has 1 aromatic heterocycles. The van der Waals surface area contributed by atoms with Crippen LogP contribution in [0.4, 0.5) is 5.82 Å². The van der Waals surface area contributed by atoms with Crippen LogP contribution in [0.2, 0.25) is 5.15 Å². The van der Waals surface area contributed by atoms with Crippen molar-refractivity contribution in [3.05, 3.63) is 52.4 Å². The summed E-state index contributed by atoms with van der Waals surface area (Å²) in [5.41, 5.74) is 3.45. The SMILES string of the molecule is CCc1ccc(C(C)Nc2ncnc(Cl)c2C)cc1. The van der Waals surface area contributed by atoms with Gasteiger partial charge in [-0.1, -0.05) is 42.8 Å². The maximum Gasteiger partial charge on any atom is 0.137 e. The van der Waals surface area contributed by atoms with Gasteiger partial charge in [-0.25, -0.2) is 9.97 Å². The molecule has 0 amide bonds. The fourth-order valence-electron chi connectivity index (χ4n) is 1.90. The van der Waals surface area contributed by atoms with Crippen molar-refractivity contribution in [2.45, 2.75) is 33.2 Å². The smallest absolute Gasteiger partial charge is 0.137 e. The molecule has 4 heteroatoms. The Morgan fingerprint density at radius 3 is 2.53 bits per heavy atom. The van der Waals surface area contributed by atoms with E-state index in [1.54, 1.807) is 0 Å². The number of anilines is 1. The third-order valence-electron chi connectivity index (χ3n) is 3.26. The predicted octanol–water partition coefficient (Wildman–Crippen LogP) is 4.17. The van der Waals surface area contributed by atoms with E-state index < -0.39 is 0 Å². The van der Waals surface area contributed by atoms with Crippen LogP contribution < -0.4 is 5.32 Å². The number of rotatable bonds is 4. The van der Waals surface area contributed by atoms with Crippen LogP contribution in [0.1, 0.15) is 36.6 Å². The molecular formula is C15H18ClN3. The van der Waals surface area contributed by atoms with Gasteiger partial charge in [-0.05, 0) is 31.4 Å². The minimum absolute atomic E-state index is 0.176. The average Bonchev–Trinajstić information content (AvgIpc) is 2.44. The van der Waals surface area contributed by atoms with Crippen LogP contribution >= 0.6 is 11.6 Å². The van der Waals surface area contributed by atoms with Crippen molar-refractivity contribution >= 4 is 17.4 Å². The highest BCUT2D eigenvalue weighted by Crippen LogP contribution is 2.23. The van der Waals surface area contributed by atoms with Gasteiger partial charge in [0.2, 0.25) is 0 Å². The highest BCUT2D eigenvalue weighted by atomic mass is 35.5. The van der Waals surface area contributed by atoms with Gasteiger partial charge in [0.15, 0.2) is 0 Å². The van der Waals surface area contributed by atoms with Gasteiger partial charge in [-0.15, -0.1) is 0 Å². The standard InChI is InChI=1S/C15H18ClN3/c1-4-12-5-7-13(8-6-12)11(3)19-15-10(2)14(16)17-9-18-15/h5-9,11H,4H2,1-3H3,(H,17,18,19). The summed E-state index contributed by atoms with van der Waals surface area (Å²) in [6, 6.07) is 8.79. The Morgan fingerprint density at radius 2 is 1.89 bits per heavy atom. The second-order valence-corrected chi connectivity index (χ2v) is 4.96. The number of nitrogens with one attached hydrogen (secondary N) is 1. The number of halogens is 1. The highest BCUT2D eigenvalue weighted by Gasteiger charge is 2.10. The van der Waals surface area contributed by atoms with Crippen molar-refractivity contribution in [3.63, 3.8) is 0 Å². The van der Waals surface area contributed by atoms with Crippen molar-refractivity contribution in [1.29, 1.82) is 0 Å². The average molecular weight is 276 g/mol. The Kier molecular flexibility index (Phi) is 4.38. The number of nitrogens with zero attached hydrogens (tertiary/aromatic N) is 2. The Hall–Kier alpha value is -1.61. The minimum atomic E-state index is 0.176. The van der Waals surface area contributed by atoms with Gasteiger partial charge in [-0.3, -0.25) is 0 Å². The van der Waals surface area contributed by atoms with Gasteiger partial charge in [-0.2, -0.15) is 0 Å². The Bertz CT molecular complexity index is 552. The zero-order valence-corrected chi connectivity index (χ0v) is 12.2. The Morgan fingerprint density at radius 1 is 1.21 bits per heavy atom. The van der Waals surface area contributed by atoms with E-state index >= 15 is 0 Å². The van der Waals surface area contributed by atoms with Crippen LogP contribution in [0.5, 0.6) is 0 Å². The molecule has 100 valence electrons. The molecule has 0 spiro atoms. The van der Waals surface area contributed by atoms with Crippen LogP contribution in [-0.4, -0.2) is 9.97 Å². The van der Waals surface area contributed by atoms with E-state index in [0.29, 0.717) is 5.15 Å². The number of hydrogen-bond acceptors (Lipinski definition) is 3. The molecule has 1 unspecified atom stereocenters. The quantitative estimate of drug-likeness (QED) is 0.851. The highest BCUT2D eigenvalue weighted by molar-refractivity contribution is 6.30. The first-order chi connectivity index (χ1) is 9.11. The number of aryl methyl sites for hydroxylation is 1. The first-order valence-electron chi connectivity index (χ1n) is 6.44. The van der Waals surface area contributed by atoms with E-state index in [1.165, 1.54) is 17.5 Å². The molecule has 0 saturated heterocycles. The van der Waals surface area contributed by atoms with E-state index in [1.807, 2.05) is 6.92 Å². The van der Waals surface area contributed by atoms with Crippen LogP contribution in [-0.2, 0) is 6.42 Å². The van der Waals surface area contributed by atoms with Crippen LogP contribution in [0.15, 0.2) is 30.6 Å². The first-order valence-corrected chi connectivity index (χ1v) is 6.82. The number of aromatic nitrogens is 2. The predicted molar refractivity (Wildman–Crippen MR) is 79.6 cm³/mol. The summed E-state index contributed by atoms with van der Waals surface area (Å²) in [5.74, 6) is 0.784. The first kappa shape index (κ1) is 13.8. The number of benzene rings is 1. The molecule has 1 atom stereocenters. The molecule has 0 aliphatic rings. The molecule has 0 fully saturated rings. The summed E-state index contributed by atoms with van der Waals surface area (Å²) >= 11 is 5.99. The van der Waals surface area contributed by atoms with E-state index in [-0.39, 0.29) is 6.04 Å². The molecule has 1 aromatic carbocycles. The summed E-state index contributed by atoms with van der Waals surface area (Å²) in [5, 5.41) is 3.86. The lowest BCUT2D eigenvalue weighted by Crippen LogP contribution is -2.09. The third kappa shape index (κ3) is 3.24. The van der Waals surface area contributed by atoms with E-state index in [4.69, 9.17) is 11.6 Å². The van der Waals surface area contributed by atoms with E-state index in [2.05, 4.69) is 53.4 Å². The maximum absolute atomic E-state index is 5.99. The second kappa shape index (κ2) is 6.02. The van der Waals surface area contributed by atoms with Crippen molar-refractivity contribution < 1.29 is 0 Å². The van der Waals surface area contributed by atoms with E-state index in [9.17, 15) is 0 Å². The number of hydrogen-bond donors (Lipinski definition) is 1. The van der Waals surface area contributed by atoms with Crippen molar-refractivity contribution in [1.82, 2.24) is 9.97 Å².